The zero-order chi connectivity index (χ0) is 13.2. The minimum atomic E-state index is -3.04. The van der Waals surface area contributed by atoms with Gasteiger partial charge < -0.3 is 5.11 Å². The SMILES string of the molecule is CCS(=O)(=O)CC1(c2ccccc2O)CCCC1. The van der Waals surface area contributed by atoms with Gasteiger partial charge in [-0.2, -0.15) is 0 Å². The van der Waals surface area contributed by atoms with Crippen LogP contribution >= 0.6 is 0 Å². The van der Waals surface area contributed by atoms with Crippen LogP contribution in [-0.2, 0) is 15.3 Å². The first-order chi connectivity index (χ1) is 8.49. The molecule has 0 aromatic heterocycles. The van der Waals surface area contributed by atoms with E-state index in [4.69, 9.17) is 0 Å². The summed E-state index contributed by atoms with van der Waals surface area (Å²) in [4.78, 5) is 0. The van der Waals surface area contributed by atoms with E-state index in [9.17, 15) is 13.5 Å². The van der Waals surface area contributed by atoms with Crippen LogP contribution in [0.1, 0.15) is 38.2 Å². The molecule has 0 unspecified atom stereocenters. The van der Waals surface area contributed by atoms with Crippen molar-refractivity contribution in [1.82, 2.24) is 0 Å². The molecule has 0 amide bonds. The fourth-order valence-electron chi connectivity index (χ4n) is 2.99. The van der Waals surface area contributed by atoms with Crippen molar-refractivity contribution in [3.8, 4) is 5.75 Å². The number of aromatic hydroxyl groups is 1. The molecule has 0 bridgehead atoms. The van der Waals surface area contributed by atoms with Crippen molar-refractivity contribution < 1.29 is 13.5 Å². The van der Waals surface area contributed by atoms with E-state index in [-0.39, 0.29) is 22.7 Å². The molecule has 3 nitrogen and oxygen atoms in total. The lowest BCUT2D eigenvalue weighted by Gasteiger charge is -2.29. The van der Waals surface area contributed by atoms with E-state index in [0.29, 0.717) is 0 Å². The molecular formula is C14H20O3S. The summed E-state index contributed by atoms with van der Waals surface area (Å²) < 4.78 is 23.9. The lowest BCUT2D eigenvalue weighted by atomic mass is 9.80. The van der Waals surface area contributed by atoms with Gasteiger partial charge in [0.2, 0.25) is 0 Å². The minimum absolute atomic E-state index is 0.161. The smallest absolute Gasteiger partial charge is 0.150 e. The summed E-state index contributed by atoms with van der Waals surface area (Å²) in [7, 11) is -3.04. The highest BCUT2D eigenvalue weighted by Gasteiger charge is 2.40. The zero-order valence-corrected chi connectivity index (χ0v) is 11.5. The number of rotatable bonds is 4. The second-order valence-electron chi connectivity index (χ2n) is 5.18. The average molecular weight is 268 g/mol. The van der Waals surface area contributed by atoms with Crippen LogP contribution in [0.15, 0.2) is 24.3 Å². The number of sulfone groups is 1. The van der Waals surface area contributed by atoms with Gasteiger partial charge in [0, 0.05) is 16.7 Å². The average Bonchev–Trinajstić information content (AvgIpc) is 2.78. The summed E-state index contributed by atoms with van der Waals surface area (Å²) >= 11 is 0. The summed E-state index contributed by atoms with van der Waals surface area (Å²) in [5, 5.41) is 10.0. The number of benzene rings is 1. The normalized spacial score (nSPS) is 18.9. The molecule has 0 radical (unpaired) electrons. The highest BCUT2D eigenvalue weighted by Crippen LogP contribution is 2.45. The topological polar surface area (TPSA) is 54.4 Å². The van der Waals surface area contributed by atoms with Gasteiger partial charge in [-0.05, 0) is 18.9 Å². The van der Waals surface area contributed by atoms with Gasteiger partial charge in [-0.15, -0.1) is 0 Å². The zero-order valence-electron chi connectivity index (χ0n) is 10.7. The number of phenols is 1. The molecule has 1 aliphatic carbocycles. The second kappa shape index (κ2) is 4.92. The lowest BCUT2D eigenvalue weighted by molar-refractivity contribution is 0.422. The number of hydrogen-bond donors (Lipinski definition) is 1. The Balaban J connectivity index is 2.42. The van der Waals surface area contributed by atoms with Crippen LogP contribution in [0.4, 0.5) is 0 Å². The van der Waals surface area contributed by atoms with Crippen molar-refractivity contribution in [3.63, 3.8) is 0 Å². The van der Waals surface area contributed by atoms with Crippen molar-refractivity contribution in [2.75, 3.05) is 11.5 Å². The number of phenolic OH excluding ortho intramolecular Hbond substituents is 1. The molecule has 2 rings (SSSR count). The first kappa shape index (κ1) is 13.4. The third-order valence-electron chi connectivity index (χ3n) is 3.97. The van der Waals surface area contributed by atoms with Crippen molar-refractivity contribution in [2.45, 2.75) is 38.0 Å². The van der Waals surface area contributed by atoms with E-state index >= 15 is 0 Å². The van der Waals surface area contributed by atoms with Crippen LogP contribution in [-0.4, -0.2) is 25.0 Å². The summed E-state index contributed by atoms with van der Waals surface area (Å²) in [5.74, 6) is 0.557. The standard InChI is InChI=1S/C14H20O3S/c1-2-18(16,17)11-14(9-5-6-10-14)12-7-3-4-8-13(12)15/h3-4,7-8,15H,2,5-6,9-11H2,1H3. The van der Waals surface area contributed by atoms with E-state index in [1.807, 2.05) is 12.1 Å². The fourth-order valence-corrected chi connectivity index (χ4v) is 4.48. The first-order valence-corrected chi connectivity index (χ1v) is 8.30. The van der Waals surface area contributed by atoms with Gasteiger partial charge in [-0.1, -0.05) is 38.0 Å². The van der Waals surface area contributed by atoms with E-state index in [0.717, 1.165) is 31.2 Å². The monoisotopic (exact) mass is 268 g/mol. The minimum Gasteiger partial charge on any atom is -0.508 e. The Kier molecular flexibility index (Phi) is 3.66. The van der Waals surface area contributed by atoms with Gasteiger partial charge in [0.25, 0.3) is 0 Å². The third-order valence-corrected chi connectivity index (χ3v) is 5.84. The Morgan fingerprint density at radius 3 is 2.39 bits per heavy atom. The second-order valence-corrected chi connectivity index (χ2v) is 7.53. The molecule has 4 heteroatoms. The van der Waals surface area contributed by atoms with Crippen LogP contribution in [0.25, 0.3) is 0 Å². The maximum atomic E-state index is 12.0. The molecule has 1 aromatic carbocycles. The molecule has 1 aromatic rings. The molecule has 18 heavy (non-hydrogen) atoms. The van der Waals surface area contributed by atoms with E-state index in [1.54, 1.807) is 19.1 Å². The van der Waals surface area contributed by atoms with Gasteiger partial charge in [-0.25, -0.2) is 8.42 Å². The molecule has 1 saturated carbocycles. The van der Waals surface area contributed by atoms with Crippen molar-refractivity contribution in [1.29, 1.82) is 0 Å². The molecular weight excluding hydrogens is 248 g/mol. The maximum absolute atomic E-state index is 12.0. The quantitative estimate of drug-likeness (QED) is 0.913. The largest absolute Gasteiger partial charge is 0.508 e. The summed E-state index contributed by atoms with van der Waals surface area (Å²) in [6.45, 7) is 1.68. The van der Waals surface area contributed by atoms with Gasteiger partial charge in [0.1, 0.15) is 5.75 Å². The lowest BCUT2D eigenvalue weighted by Crippen LogP contribution is -2.32. The predicted molar refractivity (Wildman–Crippen MR) is 72.6 cm³/mol. The van der Waals surface area contributed by atoms with Crippen LogP contribution in [0.2, 0.25) is 0 Å². The van der Waals surface area contributed by atoms with E-state index < -0.39 is 9.84 Å². The van der Waals surface area contributed by atoms with Crippen molar-refractivity contribution in [2.24, 2.45) is 0 Å². The highest BCUT2D eigenvalue weighted by molar-refractivity contribution is 7.91. The van der Waals surface area contributed by atoms with Gasteiger partial charge >= 0.3 is 0 Å². The van der Waals surface area contributed by atoms with E-state index in [2.05, 4.69) is 0 Å². The Bertz CT molecular complexity index is 514. The molecule has 0 aliphatic heterocycles. The van der Waals surface area contributed by atoms with Crippen LogP contribution in [0, 0.1) is 0 Å². The molecule has 100 valence electrons. The van der Waals surface area contributed by atoms with Gasteiger partial charge in [0.05, 0.1) is 5.75 Å². The van der Waals surface area contributed by atoms with Gasteiger partial charge in [-0.3, -0.25) is 0 Å². The Morgan fingerprint density at radius 1 is 1.22 bits per heavy atom. The molecule has 1 aliphatic rings. The van der Waals surface area contributed by atoms with Crippen molar-refractivity contribution >= 4 is 9.84 Å². The Labute approximate surface area is 109 Å². The van der Waals surface area contributed by atoms with E-state index in [1.165, 1.54) is 0 Å². The summed E-state index contributed by atoms with van der Waals surface area (Å²) in [6, 6.07) is 7.16. The summed E-state index contributed by atoms with van der Waals surface area (Å²) in [6.07, 6.45) is 3.77. The molecule has 1 fully saturated rings. The third kappa shape index (κ3) is 2.53. The molecule has 0 saturated heterocycles. The number of para-hydroxylation sites is 1. The molecule has 0 atom stereocenters. The molecule has 1 N–H and O–H groups in total. The van der Waals surface area contributed by atoms with Crippen LogP contribution in [0.3, 0.4) is 0 Å². The molecule has 0 heterocycles. The van der Waals surface area contributed by atoms with Gasteiger partial charge in [0.15, 0.2) is 9.84 Å². The highest BCUT2D eigenvalue weighted by atomic mass is 32.2. The van der Waals surface area contributed by atoms with Crippen molar-refractivity contribution in [3.05, 3.63) is 29.8 Å². The summed E-state index contributed by atoms with van der Waals surface area (Å²) in [5.41, 5.74) is 0.430. The first-order valence-electron chi connectivity index (χ1n) is 6.48. The maximum Gasteiger partial charge on any atom is 0.150 e. The Morgan fingerprint density at radius 2 is 1.83 bits per heavy atom. The predicted octanol–water partition coefficient (Wildman–Crippen LogP) is 2.64. The molecule has 0 spiro atoms. The Hall–Kier alpha value is -1.03. The number of hydrogen-bond acceptors (Lipinski definition) is 3. The van der Waals surface area contributed by atoms with Crippen LogP contribution in [0.5, 0.6) is 5.75 Å². The van der Waals surface area contributed by atoms with Crippen LogP contribution < -0.4 is 0 Å². The fraction of sp³-hybridized carbons (Fsp3) is 0.571.